The predicted molar refractivity (Wildman–Crippen MR) is 79.0 cm³/mol. The number of aromatic amines is 1. The quantitative estimate of drug-likeness (QED) is 0.772. The van der Waals surface area contributed by atoms with E-state index in [0.717, 1.165) is 11.3 Å². The minimum Gasteiger partial charge on any atom is -0.330 e. The Morgan fingerprint density at radius 2 is 2.10 bits per heavy atom. The highest BCUT2D eigenvalue weighted by Crippen LogP contribution is 2.26. The molecule has 5 nitrogen and oxygen atoms in total. The van der Waals surface area contributed by atoms with Gasteiger partial charge in [-0.05, 0) is 12.6 Å². The molecule has 6 heteroatoms. The lowest BCUT2D eigenvalue weighted by Gasteiger charge is -1.99. The molecule has 0 saturated carbocycles. The number of halogens is 1. The molecule has 2 aromatic heterocycles. The van der Waals surface area contributed by atoms with Crippen LogP contribution in [0.2, 0.25) is 5.02 Å². The van der Waals surface area contributed by atoms with E-state index in [9.17, 15) is 4.79 Å². The first kappa shape index (κ1) is 12.9. The molecule has 0 saturated heterocycles. The van der Waals surface area contributed by atoms with E-state index in [1.165, 1.54) is 10.6 Å². The van der Waals surface area contributed by atoms with E-state index in [4.69, 9.17) is 17.3 Å². The highest BCUT2D eigenvalue weighted by Gasteiger charge is 2.09. The Morgan fingerprint density at radius 1 is 1.30 bits per heavy atom. The van der Waals surface area contributed by atoms with E-state index >= 15 is 0 Å². The first-order valence-electron chi connectivity index (χ1n) is 6.25. The van der Waals surface area contributed by atoms with Crippen LogP contribution in [0.25, 0.3) is 16.9 Å². The van der Waals surface area contributed by atoms with Gasteiger partial charge < -0.3 is 5.73 Å². The van der Waals surface area contributed by atoms with Crippen LogP contribution in [-0.4, -0.2) is 21.1 Å². The first-order chi connectivity index (χ1) is 9.69. The van der Waals surface area contributed by atoms with E-state index in [-0.39, 0.29) is 5.56 Å². The van der Waals surface area contributed by atoms with Gasteiger partial charge in [-0.25, -0.2) is 9.50 Å². The van der Waals surface area contributed by atoms with Crippen molar-refractivity contribution in [3.8, 4) is 11.3 Å². The Labute approximate surface area is 120 Å². The van der Waals surface area contributed by atoms with E-state index < -0.39 is 0 Å². The van der Waals surface area contributed by atoms with Crippen molar-refractivity contribution in [3.63, 3.8) is 0 Å². The summed E-state index contributed by atoms with van der Waals surface area (Å²) >= 11 is 6.16. The number of rotatable bonds is 3. The monoisotopic (exact) mass is 288 g/mol. The minimum atomic E-state index is -0.156. The van der Waals surface area contributed by atoms with Crippen LogP contribution in [0.5, 0.6) is 0 Å². The van der Waals surface area contributed by atoms with E-state index in [2.05, 4.69) is 10.1 Å². The van der Waals surface area contributed by atoms with E-state index in [1.54, 1.807) is 6.07 Å². The maximum absolute atomic E-state index is 12.0. The summed E-state index contributed by atoms with van der Waals surface area (Å²) in [7, 11) is 0. The second-order valence-corrected chi connectivity index (χ2v) is 4.87. The summed E-state index contributed by atoms with van der Waals surface area (Å²) in [5.74, 6) is 0. The van der Waals surface area contributed by atoms with Gasteiger partial charge in [-0.3, -0.25) is 9.89 Å². The third kappa shape index (κ3) is 2.21. The second kappa shape index (κ2) is 5.11. The number of hydrogen-bond donors (Lipinski definition) is 2. The third-order valence-corrected chi connectivity index (χ3v) is 3.40. The normalized spacial score (nSPS) is 11.1. The van der Waals surface area contributed by atoms with Gasteiger partial charge in [-0.15, -0.1) is 0 Å². The van der Waals surface area contributed by atoms with Crippen molar-refractivity contribution >= 4 is 17.2 Å². The van der Waals surface area contributed by atoms with Gasteiger partial charge in [0.05, 0.1) is 5.69 Å². The molecule has 0 aliphatic heterocycles. The number of H-pyrrole nitrogens is 1. The topological polar surface area (TPSA) is 76.2 Å². The molecule has 2 heterocycles. The lowest BCUT2D eigenvalue weighted by Crippen LogP contribution is -2.17. The number of benzene rings is 1. The van der Waals surface area contributed by atoms with Crippen LogP contribution in [0.3, 0.4) is 0 Å². The lowest BCUT2D eigenvalue weighted by molar-refractivity contribution is 0.858. The summed E-state index contributed by atoms with van der Waals surface area (Å²) in [5, 5.41) is 3.64. The smallest absolute Gasteiger partial charge is 0.272 e. The Hall–Kier alpha value is -2.11. The molecule has 0 atom stereocenters. The number of nitrogens with zero attached hydrogens (tertiary/aromatic N) is 2. The number of hydrogen-bond acceptors (Lipinski definition) is 3. The van der Waals surface area contributed by atoms with Crippen LogP contribution < -0.4 is 11.3 Å². The molecule has 0 aliphatic rings. The number of fused-ring (bicyclic) bond motifs is 1. The highest BCUT2D eigenvalue weighted by atomic mass is 35.5. The molecule has 102 valence electrons. The minimum absolute atomic E-state index is 0.156. The molecule has 0 fully saturated rings. The van der Waals surface area contributed by atoms with Crippen molar-refractivity contribution in [2.45, 2.75) is 6.42 Å². The van der Waals surface area contributed by atoms with Gasteiger partial charge in [0, 0.05) is 34.8 Å². The summed E-state index contributed by atoms with van der Waals surface area (Å²) < 4.78 is 1.40. The molecule has 3 aromatic rings. The molecule has 0 spiro atoms. The number of nitrogens with one attached hydrogen (secondary N) is 1. The van der Waals surface area contributed by atoms with Crippen LogP contribution in [0.4, 0.5) is 0 Å². The first-order valence-corrected chi connectivity index (χ1v) is 6.63. The predicted octanol–water partition coefficient (Wildman–Crippen LogP) is 1.84. The van der Waals surface area contributed by atoms with Gasteiger partial charge in [0.1, 0.15) is 0 Å². The summed E-state index contributed by atoms with van der Waals surface area (Å²) in [6, 6.07) is 10.7. The SMILES string of the molecule is NCCc1cc(=O)n2[nH]c(-c3ccccc3Cl)cc2n1. The fraction of sp³-hybridized carbons (Fsp3) is 0.143. The summed E-state index contributed by atoms with van der Waals surface area (Å²) in [6.07, 6.45) is 0.582. The van der Waals surface area contributed by atoms with Crippen LogP contribution in [0.1, 0.15) is 5.69 Å². The zero-order valence-electron chi connectivity index (χ0n) is 10.6. The molecule has 0 unspecified atom stereocenters. The van der Waals surface area contributed by atoms with E-state index in [0.29, 0.717) is 29.3 Å². The maximum atomic E-state index is 12.0. The molecule has 1 aromatic carbocycles. The van der Waals surface area contributed by atoms with Crippen molar-refractivity contribution < 1.29 is 0 Å². The van der Waals surface area contributed by atoms with Gasteiger partial charge in [-0.2, -0.15) is 0 Å². The van der Waals surface area contributed by atoms with Crippen LogP contribution >= 0.6 is 11.6 Å². The van der Waals surface area contributed by atoms with Crippen molar-refractivity contribution in [2.75, 3.05) is 6.54 Å². The molecule has 0 radical (unpaired) electrons. The van der Waals surface area contributed by atoms with Crippen LogP contribution in [-0.2, 0) is 6.42 Å². The van der Waals surface area contributed by atoms with Crippen molar-refractivity contribution in [2.24, 2.45) is 5.73 Å². The van der Waals surface area contributed by atoms with E-state index in [1.807, 2.05) is 24.3 Å². The second-order valence-electron chi connectivity index (χ2n) is 4.47. The maximum Gasteiger partial charge on any atom is 0.272 e. The molecule has 0 bridgehead atoms. The summed E-state index contributed by atoms with van der Waals surface area (Å²) in [4.78, 5) is 16.4. The van der Waals surface area contributed by atoms with Crippen molar-refractivity contribution in [1.82, 2.24) is 14.6 Å². The molecule has 0 aliphatic carbocycles. The van der Waals surface area contributed by atoms with Crippen molar-refractivity contribution in [1.29, 1.82) is 0 Å². The van der Waals surface area contributed by atoms with Gasteiger partial charge in [-0.1, -0.05) is 29.8 Å². The fourth-order valence-corrected chi connectivity index (χ4v) is 2.37. The molecular weight excluding hydrogens is 276 g/mol. The molecule has 20 heavy (non-hydrogen) atoms. The number of nitrogens with two attached hydrogens (primary N) is 1. The molecule has 3 rings (SSSR count). The van der Waals surface area contributed by atoms with Crippen LogP contribution in [0.15, 0.2) is 41.2 Å². The summed E-state index contributed by atoms with van der Waals surface area (Å²) in [6.45, 7) is 0.463. The molecule has 3 N–H and O–H groups in total. The van der Waals surface area contributed by atoms with Gasteiger partial charge in [0.2, 0.25) is 0 Å². The fourth-order valence-electron chi connectivity index (χ4n) is 2.13. The Kier molecular flexibility index (Phi) is 3.30. The van der Waals surface area contributed by atoms with Gasteiger partial charge >= 0.3 is 0 Å². The average Bonchev–Trinajstić information content (AvgIpc) is 2.84. The van der Waals surface area contributed by atoms with Gasteiger partial charge in [0.25, 0.3) is 5.56 Å². The van der Waals surface area contributed by atoms with Gasteiger partial charge in [0.15, 0.2) is 5.65 Å². The largest absolute Gasteiger partial charge is 0.330 e. The third-order valence-electron chi connectivity index (χ3n) is 3.07. The lowest BCUT2D eigenvalue weighted by atomic mass is 10.1. The highest BCUT2D eigenvalue weighted by molar-refractivity contribution is 6.33. The average molecular weight is 289 g/mol. The molecule has 0 amide bonds. The Bertz CT molecular complexity index is 821. The Balaban J connectivity index is 2.18. The standard InChI is InChI=1S/C14H13ClN4O/c15-11-4-2-1-3-10(11)12-8-13-17-9(5-6-16)7-14(20)19(13)18-12/h1-4,7-8,18H,5-6,16H2. The number of aromatic nitrogens is 3. The van der Waals surface area contributed by atoms with Crippen molar-refractivity contribution in [3.05, 3.63) is 57.5 Å². The summed E-state index contributed by atoms with van der Waals surface area (Å²) in [5.41, 5.74) is 8.19. The van der Waals surface area contributed by atoms with Crippen LogP contribution in [0, 0.1) is 0 Å². The zero-order chi connectivity index (χ0) is 14.1. The Morgan fingerprint density at radius 3 is 2.85 bits per heavy atom. The zero-order valence-corrected chi connectivity index (χ0v) is 11.4. The molecular formula is C14H13ClN4O.